The van der Waals surface area contributed by atoms with Gasteiger partial charge in [0.05, 0.1) is 7.11 Å². The van der Waals surface area contributed by atoms with Crippen LogP contribution in [-0.2, 0) is 9.53 Å². The minimum atomic E-state index is -1.02. The number of nitrogens with one attached hydrogen (secondary N) is 1. The van der Waals surface area contributed by atoms with Gasteiger partial charge in [-0.3, -0.25) is 4.79 Å². The van der Waals surface area contributed by atoms with Crippen LogP contribution in [0, 0.1) is 6.92 Å². The SMILES string of the molecule is CCCC(C)(NC(=O)c1cccc(C)n1)C(=O)OC. The van der Waals surface area contributed by atoms with Gasteiger partial charge in [-0.05, 0) is 32.4 Å². The predicted octanol–water partition coefficient (Wildman–Crippen LogP) is 1.85. The molecular weight excluding hydrogens is 244 g/mol. The van der Waals surface area contributed by atoms with Crippen molar-refractivity contribution >= 4 is 11.9 Å². The molecule has 0 radical (unpaired) electrons. The summed E-state index contributed by atoms with van der Waals surface area (Å²) in [6.07, 6.45) is 1.27. The van der Waals surface area contributed by atoms with Crippen LogP contribution in [0.5, 0.6) is 0 Å². The van der Waals surface area contributed by atoms with Crippen LogP contribution in [0.3, 0.4) is 0 Å². The van der Waals surface area contributed by atoms with Crippen LogP contribution in [0.25, 0.3) is 0 Å². The van der Waals surface area contributed by atoms with Crippen LogP contribution < -0.4 is 5.32 Å². The molecule has 0 spiro atoms. The quantitative estimate of drug-likeness (QED) is 0.824. The molecule has 1 rings (SSSR count). The van der Waals surface area contributed by atoms with Crippen molar-refractivity contribution < 1.29 is 14.3 Å². The molecule has 0 aliphatic rings. The van der Waals surface area contributed by atoms with Crippen molar-refractivity contribution in [3.8, 4) is 0 Å². The molecule has 1 N–H and O–H groups in total. The first-order valence-electron chi connectivity index (χ1n) is 6.27. The highest BCUT2D eigenvalue weighted by molar-refractivity contribution is 5.96. The van der Waals surface area contributed by atoms with Crippen molar-refractivity contribution in [3.05, 3.63) is 29.6 Å². The summed E-state index contributed by atoms with van der Waals surface area (Å²) >= 11 is 0. The van der Waals surface area contributed by atoms with Gasteiger partial charge in [0.2, 0.25) is 0 Å². The number of methoxy groups -OCH3 is 1. The number of aromatic nitrogens is 1. The number of aryl methyl sites for hydroxylation is 1. The molecule has 0 saturated heterocycles. The van der Waals surface area contributed by atoms with E-state index < -0.39 is 11.5 Å². The Morgan fingerprint density at radius 1 is 1.42 bits per heavy atom. The fourth-order valence-electron chi connectivity index (χ4n) is 1.92. The highest BCUT2D eigenvalue weighted by atomic mass is 16.5. The normalized spacial score (nSPS) is 13.5. The van der Waals surface area contributed by atoms with Crippen molar-refractivity contribution in [2.45, 2.75) is 39.2 Å². The number of pyridine rings is 1. The molecule has 1 heterocycles. The summed E-state index contributed by atoms with van der Waals surface area (Å²) in [4.78, 5) is 28.1. The molecule has 5 heteroatoms. The average Bonchev–Trinajstić information content (AvgIpc) is 2.37. The highest BCUT2D eigenvalue weighted by Gasteiger charge is 2.35. The fraction of sp³-hybridized carbons (Fsp3) is 0.500. The molecule has 0 aromatic carbocycles. The van der Waals surface area contributed by atoms with Gasteiger partial charge in [0.15, 0.2) is 0 Å². The van der Waals surface area contributed by atoms with E-state index in [0.717, 1.165) is 12.1 Å². The lowest BCUT2D eigenvalue weighted by molar-refractivity contribution is -0.147. The van der Waals surface area contributed by atoms with Gasteiger partial charge < -0.3 is 10.1 Å². The van der Waals surface area contributed by atoms with E-state index in [1.165, 1.54) is 7.11 Å². The lowest BCUT2D eigenvalue weighted by Crippen LogP contribution is -2.52. The minimum Gasteiger partial charge on any atom is -0.467 e. The smallest absolute Gasteiger partial charge is 0.331 e. The molecule has 0 bridgehead atoms. The molecule has 1 unspecified atom stereocenters. The van der Waals surface area contributed by atoms with Crippen molar-refractivity contribution in [2.24, 2.45) is 0 Å². The third-order valence-electron chi connectivity index (χ3n) is 2.90. The van der Waals surface area contributed by atoms with E-state index in [-0.39, 0.29) is 5.91 Å². The molecule has 0 aliphatic carbocycles. The number of hydrogen-bond acceptors (Lipinski definition) is 4. The molecule has 0 aliphatic heterocycles. The zero-order valence-corrected chi connectivity index (χ0v) is 11.8. The van der Waals surface area contributed by atoms with Gasteiger partial charge >= 0.3 is 5.97 Å². The second-order valence-electron chi connectivity index (χ2n) is 4.69. The Kier molecular flexibility index (Phi) is 5.03. The molecule has 1 amide bonds. The number of carbonyl (C=O) groups is 2. The summed E-state index contributed by atoms with van der Waals surface area (Å²) in [6, 6.07) is 5.18. The maximum absolute atomic E-state index is 12.1. The second kappa shape index (κ2) is 6.31. The Morgan fingerprint density at radius 2 is 2.11 bits per heavy atom. The second-order valence-corrected chi connectivity index (χ2v) is 4.69. The number of hydrogen-bond donors (Lipinski definition) is 1. The van der Waals surface area contributed by atoms with Crippen molar-refractivity contribution in [2.75, 3.05) is 7.11 Å². The minimum absolute atomic E-state index is 0.297. The maximum Gasteiger partial charge on any atom is 0.331 e. The number of rotatable bonds is 5. The first-order valence-corrected chi connectivity index (χ1v) is 6.27. The third-order valence-corrected chi connectivity index (χ3v) is 2.90. The fourth-order valence-corrected chi connectivity index (χ4v) is 1.92. The summed E-state index contributed by atoms with van der Waals surface area (Å²) in [6.45, 7) is 5.41. The summed E-state index contributed by atoms with van der Waals surface area (Å²) in [5.74, 6) is -0.819. The summed E-state index contributed by atoms with van der Waals surface area (Å²) in [7, 11) is 1.31. The first kappa shape index (κ1) is 15.1. The van der Waals surface area contributed by atoms with Crippen LogP contribution in [0.2, 0.25) is 0 Å². The predicted molar refractivity (Wildman–Crippen MR) is 71.8 cm³/mol. The maximum atomic E-state index is 12.1. The standard InChI is InChI=1S/C14H20N2O3/c1-5-9-14(3,13(18)19-4)16-12(17)11-8-6-7-10(2)15-11/h6-8H,5,9H2,1-4H3,(H,16,17). The number of ether oxygens (including phenoxy) is 1. The van der Waals surface area contributed by atoms with Crippen LogP contribution in [0.15, 0.2) is 18.2 Å². The van der Waals surface area contributed by atoms with Gasteiger partial charge in [-0.25, -0.2) is 9.78 Å². The van der Waals surface area contributed by atoms with Crippen molar-refractivity contribution in [3.63, 3.8) is 0 Å². The van der Waals surface area contributed by atoms with Crippen molar-refractivity contribution in [1.82, 2.24) is 10.3 Å². The van der Waals surface area contributed by atoms with Crippen LogP contribution >= 0.6 is 0 Å². The van der Waals surface area contributed by atoms with E-state index in [4.69, 9.17) is 4.74 Å². The third kappa shape index (κ3) is 3.77. The molecule has 19 heavy (non-hydrogen) atoms. The zero-order chi connectivity index (χ0) is 14.5. The zero-order valence-electron chi connectivity index (χ0n) is 11.8. The highest BCUT2D eigenvalue weighted by Crippen LogP contribution is 2.15. The number of amides is 1. The molecular formula is C14H20N2O3. The Hall–Kier alpha value is -1.91. The summed E-state index contributed by atoms with van der Waals surface area (Å²) < 4.78 is 4.75. The largest absolute Gasteiger partial charge is 0.467 e. The molecule has 1 aromatic heterocycles. The number of carbonyl (C=O) groups excluding carboxylic acids is 2. The molecule has 0 fully saturated rings. The van der Waals surface area contributed by atoms with Gasteiger partial charge in [0.25, 0.3) is 5.91 Å². The molecule has 5 nitrogen and oxygen atoms in total. The average molecular weight is 264 g/mol. The van der Waals surface area contributed by atoms with E-state index in [2.05, 4.69) is 10.3 Å². The Labute approximate surface area is 113 Å². The Bertz CT molecular complexity index is 474. The molecule has 104 valence electrons. The van der Waals surface area contributed by atoms with E-state index in [1.54, 1.807) is 19.1 Å². The lowest BCUT2D eigenvalue weighted by atomic mass is 9.96. The van der Waals surface area contributed by atoms with E-state index in [0.29, 0.717) is 12.1 Å². The van der Waals surface area contributed by atoms with E-state index in [9.17, 15) is 9.59 Å². The molecule has 1 atom stereocenters. The first-order chi connectivity index (χ1) is 8.92. The molecule has 0 saturated carbocycles. The topological polar surface area (TPSA) is 68.3 Å². The van der Waals surface area contributed by atoms with Gasteiger partial charge in [0.1, 0.15) is 11.2 Å². The van der Waals surface area contributed by atoms with Gasteiger partial charge in [-0.15, -0.1) is 0 Å². The van der Waals surface area contributed by atoms with Gasteiger partial charge in [-0.2, -0.15) is 0 Å². The number of nitrogens with zero attached hydrogens (tertiary/aromatic N) is 1. The van der Waals surface area contributed by atoms with Crippen LogP contribution in [0.1, 0.15) is 42.9 Å². The summed E-state index contributed by atoms with van der Waals surface area (Å²) in [5.41, 5.74) is 0.0283. The summed E-state index contributed by atoms with van der Waals surface area (Å²) in [5, 5.41) is 2.71. The van der Waals surface area contributed by atoms with Gasteiger partial charge in [0, 0.05) is 5.69 Å². The van der Waals surface area contributed by atoms with Crippen LogP contribution in [0.4, 0.5) is 0 Å². The molecule has 1 aromatic rings. The number of esters is 1. The Balaban J connectivity index is 2.91. The van der Waals surface area contributed by atoms with Gasteiger partial charge in [-0.1, -0.05) is 19.4 Å². The van der Waals surface area contributed by atoms with E-state index >= 15 is 0 Å². The monoisotopic (exact) mass is 264 g/mol. The van der Waals surface area contributed by atoms with Crippen LogP contribution in [-0.4, -0.2) is 29.5 Å². The van der Waals surface area contributed by atoms with E-state index in [1.807, 2.05) is 19.9 Å². The van der Waals surface area contributed by atoms with Crippen molar-refractivity contribution in [1.29, 1.82) is 0 Å². The lowest BCUT2D eigenvalue weighted by Gasteiger charge is -2.27. The Morgan fingerprint density at radius 3 is 2.63 bits per heavy atom.